The van der Waals surface area contributed by atoms with Gasteiger partial charge in [-0.15, -0.1) is 11.3 Å². The highest BCUT2D eigenvalue weighted by molar-refractivity contribution is 7.09. The Morgan fingerprint density at radius 2 is 2.06 bits per heavy atom. The van der Waals surface area contributed by atoms with Gasteiger partial charge < -0.3 is 0 Å². The molecule has 0 amide bonds. The molecule has 1 aliphatic carbocycles. The van der Waals surface area contributed by atoms with Crippen molar-refractivity contribution in [2.24, 2.45) is 11.8 Å². The first-order valence-corrected chi connectivity index (χ1v) is 7.54. The summed E-state index contributed by atoms with van der Waals surface area (Å²) in [5, 5.41) is 3.52. The average molecular weight is 237 g/mol. The van der Waals surface area contributed by atoms with Crippen LogP contribution in [0.25, 0.3) is 0 Å². The Labute approximate surface area is 103 Å². The van der Waals surface area contributed by atoms with Crippen LogP contribution in [0.3, 0.4) is 0 Å². The summed E-state index contributed by atoms with van der Waals surface area (Å²) < 4.78 is 0. The van der Waals surface area contributed by atoms with E-state index >= 15 is 0 Å². The highest BCUT2D eigenvalue weighted by atomic mass is 32.1. The van der Waals surface area contributed by atoms with E-state index in [-0.39, 0.29) is 0 Å². The summed E-state index contributed by atoms with van der Waals surface area (Å²) in [6.45, 7) is 4.67. The molecule has 0 bridgehead atoms. The second-order valence-corrected chi connectivity index (χ2v) is 6.43. The maximum Gasteiger partial charge on any atom is 0.0958 e. The van der Waals surface area contributed by atoms with E-state index in [1.54, 1.807) is 0 Å². The summed E-state index contributed by atoms with van der Waals surface area (Å²) in [4.78, 5) is 4.56. The number of hydrogen-bond donors (Lipinski definition) is 0. The van der Waals surface area contributed by atoms with Gasteiger partial charge in [0.15, 0.2) is 0 Å². The molecule has 1 nitrogen and oxygen atoms in total. The fourth-order valence-corrected chi connectivity index (χ4v) is 3.80. The van der Waals surface area contributed by atoms with Crippen molar-refractivity contribution >= 4 is 11.3 Å². The molecule has 0 aliphatic heterocycles. The summed E-state index contributed by atoms with van der Waals surface area (Å²) >= 11 is 1.86. The van der Waals surface area contributed by atoms with Crippen molar-refractivity contribution in [1.82, 2.24) is 4.98 Å². The molecule has 1 aromatic heterocycles. The molecule has 0 aromatic carbocycles. The Kier molecular flexibility index (Phi) is 4.39. The summed E-state index contributed by atoms with van der Waals surface area (Å²) in [7, 11) is 0. The first-order valence-electron chi connectivity index (χ1n) is 6.66. The standard InChI is InChI=1S/C14H23NS/c1-11(2)10-13(14-15-8-9-16-14)12-6-4-3-5-7-12/h8-9,11-13H,3-7,10H2,1-2H3. The molecule has 16 heavy (non-hydrogen) atoms. The van der Waals surface area contributed by atoms with E-state index in [0.29, 0.717) is 0 Å². The van der Waals surface area contributed by atoms with Crippen LogP contribution < -0.4 is 0 Å². The second kappa shape index (κ2) is 5.81. The van der Waals surface area contributed by atoms with Gasteiger partial charge in [-0.3, -0.25) is 0 Å². The van der Waals surface area contributed by atoms with Crippen molar-refractivity contribution in [3.8, 4) is 0 Å². The Hall–Kier alpha value is -0.370. The van der Waals surface area contributed by atoms with Gasteiger partial charge >= 0.3 is 0 Å². The van der Waals surface area contributed by atoms with E-state index in [1.165, 1.54) is 43.5 Å². The van der Waals surface area contributed by atoms with Crippen LogP contribution in [0.1, 0.15) is 63.3 Å². The van der Waals surface area contributed by atoms with Gasteiger partial charge in [0.2, 0.25) is 0 Å². The van der Waals surface area contributed by atoms with Crippen molar-refractivity contribution in [1.29, 1.82) is 0 Å². The van der Waals surface area contributed by atoms with Crippen molar-refractivity contribution < 1.29 is 0 Å². The number of thiazole rings is 1. The average Bonchev–Trinajstić information content (AvgIpc) is 2.80. The van der Waals surface area contributed by atoms with Crippen LogP contribution in [-0.4, -0.2) is 4.98 Å². The Balaban J connectivity index is 2.07. The molecule has 1 saturated carbocycles. The van der Waals surface area contributed by atoms with Crippen molar-refractivity contribution in [3.05, 3.63) is 16.6 Å². The van der Waals surface area contributed by atoms with E-state index in [9.17, 15) is 0 Å². The zero-order chi connectivity index (χ0) is 11.4. The zero-order valence-electron chi connectivity index (χ0n) is 10.5. The first kappa shape index (κ1) is 12.1. The van der Waals surface area contributed by atoms with Gasteiger partial charge in [0.1, 0.15) is 0 Å². The number of nitrogens with zero attached hydrogens (tertiary/aromatic N) is 1. The Morgan fingerprint density at radius 3 is 2.62 bits per heavy atom. The van der Waals surface area contributed by atoms with Crippen LogP contribution in [0.4, 0.5) is 0 Å². The van der Waals surface area contributed by atoms with Gasteiger partial charge in [0.25, 0.3) is 0 Å². The predicted octanol–water partition coefficient (Wildman–Crippen LogP) is 4.85. The molecule has 1 heterocycles. The van der Waals surface area contributed by atoms with Gasteiger partial charge in [-0.05, 0) is 31.1 Å². The van der Waals surface area contributed by atoms with Crippen molar-refractivity contribution in [2.75, 3.05) is 0 Å². The smallest absolute Gasteiger partial charge is 0.0958 e. The molecular weight excluding hydrogens is 214 g/mol. The predicted molar refractivity (Wildman–Crippen MR) is 70.9 cm³/mol. The second-order valence-electron chi connectivity index (χ2n) is 5.50. The van der Waals surface area contributed by atoms with Crippen LogP contribution >= 0.6 is 11.3 Å². The van der Waals surface area contributed by atoms with Crippen molar-refractivity contribution in [3.63, 3.8) is 0 Å². The Bertz CT molecular complexity index is 286. The molecule has 0 saturated heterocycles. The molecule has 1 unspecified atom stereocenters. The normalized spacial score (nSPS) is 20.2. The first-order chi connectivity index (χ1) is 7.77. The summed E-state index contributed by atoms with van der Waals surface area (Å²) in [5.74, 6) is 2.43. The summed E-state index contributed by atoms with van der Waals surface area (Å²) in [6, 6.07) is 0. The third kappa shape index (κ3) is 3.07. The summed E-state index contributed by atoms with van der Waals surface area (Å²) in [5.41, 5.74) is 0. The minimum atomic E-state index is 0.736. The van der Waals surface area contributed by atoms with E-state index in [4.69, 9.17) is 0 Å². The highest BCUT2D eigenvalue weighted by Crippen LogP contribution is 2.40. The molecule has 1 atom stereocenters. The monoisotopic (exact) mass is 237 g/mol. The number of hydrogen-bond acceptors (Lipinski definition) is 2. The molecule has 0 N–H and O–H groups in total. The van der Waals surface area contributed by atoms with Crippen LogP contribution in [0, 0.1) is 11.8 Å². The Morgan fingerprint density at radius 1 is 1.31 bits per heavy atom. The maximum atomic E-state index is 4.56. The lowest BCUT2D eigenvalue weighted by atomic mass is 9.77. The summed E-state index contributed by atoms with van der Waals surface area (Å²) in [6.07, 6.45) is 10.5. The van der Waals surface area contributed by atoms with Crippen LogP contribution in [0.15, 0.2) is 11.6 Å². The van der Waals surface area contributed by atoms with E-state index in [2.05, 4.69) is 24.2 Å². The van der Waals surface area contributed by atoms with E-state index < -0.39 is 0 Å². The molecule has 1 aliphatic rings. The quantitative estimate of drug-likeness (QED) is 0.729. The third-order valence-electron chi connectivity index (χ3n) is 3.71. The molecule has 90 valence electrons. The molecule has 2 rings (SSSR count). The van der Waals surface area contributed by atoms with Gasteiger partial charge in [-0.2, -0.15) is 0 Å². The number of rotatable bonds is 4. The molecule has 1 aromatic rings. The fraction of sp³-hybridized carbons (Fsp3) is 0.786. The molecule has 0 radical (unpaired) electrons. The maximum absolute atomic E-state index is 4.56. The highest BCUT2D eigenvalue weighted by Gasteiger charge is 2.27. The minimum absolute atomic E-state index is 0.736. The number of aromatic nitrogens is 1. The molecular formula is C14H23NS. The lowest BCUT2D eigenvalue weighted by Gasteiger charge is -2.30. The molecule has 1 fully saturated rings. The van der Waals surface area contributed by atoms with Crippen molar-refractivity contribution in [2.45, 2.75) is 58.3 Å². The van der Waals surface area contributed by atoms with Gasteiger partial charge in [-0.25, -0.2) is 4.98 Å². The van der Waals surface area contributed by atoms with Crippen LogP contribution in [-0.2, 0) is 0 Å². The minimum Gasteiger partial charge on any atom is -0.249 e. The topological polar surface area (TPSA) is 12.9 Å². The largest absolute Gasteiger partial charge is 0.249 e. The van der Waals surface area contributed by atoms with E-state index in [1.807, 2.05) is 17.5 Å². The van der Waals surface area contributed by atoms with Gasteiger partial charge in [0.05, 0.1) is 5.01 Å². The van der Waals surface area contributed by atoms with Crippen LogP contribution in [0.5, 0.6) is 0 Å². The van der Waals surface area contributed by atoms with Gasteiger partial charge in [-0.1, -0.05) is 33.1 Å². The van der Waals surface area contributed by atoms with Crippen LogP contribution in [0.2, 0.25) is 0 Å². The third-order valence-corrected chi connectivity index (χ3v) is 4.62. The SMILES string of the molecule is CC(C)CC(c1nccs1)C1CCCCC1. The van der Waals surface area contributed by atoms with Gasteiger partial charge in [0, 0.05) is 17.5 Å². The van der Waals surface area contributed by atoms with E-state index in [0.717, 1.165) is 17.8 Å². The fourth-order valence-electron chi connectivity index (χ4n) is 2.96. The lowest BCUT2D eigenvalue weighted by molar-refractivity contribution is 0.276. The molecule has 0 spiro atoms. The zero-order valence-corrected chi connectivity index (χ0v) is 11.3. The lowest BCUT2D eigenvalue weighted by Crippen LogP contribution is -2.18. The molecule has 2 heteroatoms.